The fraction of sp³-hybridized carbons (Fsp3) is 0.318. The van der Waals surface area contributed by atoms with Crippen LogP contribution in [-0.4, -0.2) is 77.2 Å². The molecule has 0 bridgehead atoms. The molecule has 3 aromatic rings. The van der Waals surface area contributed by atoms with E-state index in [1.165, 1.54) is 6.07 Å². The van der Waals surface area contributed by atoms with Gasteiger partial charge in [-0.25, -0.2) is 4.79 Å². The van der Waals surface area contributed by atoms with Crippen LogP contribution in [0, 0.1) is 0 Å². The number of carbonyl (C=O) groups is 1. The Labute approximate surface area is 179 Å². The van der Waals surface area contributed by atoms with Crippen molar-refractivity contribution in [2.45, 2.75) is 0 Å². The molecule has 1 aromatic carbocycles. The van der Waals surface area contributed by atoms with E-state index in [2.05, 4.69) is 26.8 Å². The van der Waals surface area contributed by atoms with E-state index in [9.17, 15) is 9.90 Å². The van der Waals surface area contributed by atoms with Crippen molar-refractivity contribution >= 4 is 5.97 Å². The number of benzene rings is 1. The van der Waals surface area contributed by atoms with Gasteiger partial charge in [-0.05, 0) is 31.3 Å². The monoisotopic (exact) mass is 424 g/mol. The van der Waals surface area contributed by atoms with Crippen LogP contribution >= 0.6 is 0 Å². The Bertz CT molecular complexity index is 1020. The van der Waals surface area contributed by atoms with E-state index in [1.807, 2.05) is 0 Å². The van der Waals surface area contributed by atoms with Crippen molar-refractivity contribution in [3.8, 4) is 29.1 Å². The number of ether oxygens (including phenoxy) is 2. The van der Waals surface area contributed by atoms with Gasteiger partial charge in [-0.2, -0.15) is 9.97 Å². The SMILES string of the molecule is CN1CCN(CCOc2nc(Oc3ccccc3C(=O)O)cc(-c3ccco3)n2)CC1. The number of hydrogen-bond donors (Lipinski definition) is 1. The Morgan fingerprint density at radius 1 is 1.13 bits per heavy atom. The summed E-state index contributed by atoms with van der Waals surface area (Å²) in [5, 5.41) is 9.40. The van der Waals surface area contributed by atoms with Gasteiger partial charge in [-0.3, -0.25) is 4.90 Å². The normalized spacial score (nSPS) is 15.0. The summed E-state index contributed by atoms with van der Waals surface area (Å²) >= 11 is 0. The molecule has 3 heterocycles. The average Bonchev–Trinajstić information content (AvgIpc) is 3.30. The lowest BCUT2D eigenvalue weighted by atomic mass is 10.2. The molecule has 1 fully saturated rings. The number of para-hydroxylation sites is 1. The lowest BCUT2D eigenvalue weighted by Gasteiger charge is -2.32. The van der Waals surface area contributed by atoms with Crippen LogP contribution in [0.3, 0.4) is 0 Å². The lowest BCUT2D eigenvalue weighted by molar-refractivity contribution is 0.0694. The van der Waals surface area contributed by atoms with E-state index in [0.29, 0.717) is 18.1 Å². The molecule has 9 nitrogen and oxygen atoms in total. The van der Waals surface area contributed by atoms with E-state index >= 15 is 0 Å². The molecule has 1 aliphatic rings. The first kappa shape index (κ1) is 20.8. The Balaban J connectivity index is 1.52. The van der Waals surface area contributed by atoms with E-state index in [-0.39, 0.29) is 23.2 Å². The van der Waals surface area contributed by atoms with Crippen molar-refractivity contribution < 1.29 is 23.8 Å². The highest BCUT2D eigenvalue weighted by molar-refractivity contribution is 5.90. The smallest absolute Gasteiger partial charge is 0.339 e. The Morgan fingerprint density at radius 3 is 2.68 bits per heavy atom. The van der Waals surface area contributed by atoms with Gasteiger partial charge in [0.05, 0.1) is 6.26 Å². The summed E-state index contributed by atoms with van der Waals surface area (Å²) in [6, 6.07) is 11.6. The highest BCUT2D eigenvalue weighted by atomic mass is 16.5. The van der Waals surface area contributed by atoms with E-state index in [4.69, 9.17) is 13.9 Å². The van der Waals surface area contributed by atoms with Gasteiger partial charge >= 0.3 is 12.0 Å². The molecule has 0 atom stereocenters. The summed E-state index contributed by atoms with van der Waals surface area (Å²) in [5.41, 5.74) is 0.524. The number of nitrogens with zero attached hydrogens (tertiary/aromatic N) is 4. The second-order valence-electron chi connectivity index (χ2n) is 7.25. The van der Waals surface area contributed by atoms with Crippen molar-refractivity contribution in [3.05, 3.63) is 54.3 Å². The van der Waals surface area contributed by atoms with Crippen molar-refractivity contribution in [2.24, 2.45) is 0 Å². The number of carboxylic acid groups (broad SMARTS) is 1. The number of piperazine rings is 1. The molecule has 0 saturated carbocycles. The molecule has 31 heavy (non-hydrogen) atoms. The van der Waals surface area contributed by atoms with Crippen LogP contribution in [0.5, 0.6) is 17.6 Å². The summed E-state index contributed by atoms with van der Waals surface area (Å²) in [5.74, 6) is -0.200. The Morgan fingerprint density at radius 2 is 1.94 bits per heavy atom. The molecular formula is C22H24N4O5. The number of aromatic carboxylic acids is 1. The van der Waals surface area contributed by atoms with E-state index in [0.717, 1.165) is 32.7 Å². The number of aromatic nitrogens is 2. The number of hydrogen-bond acceptors (Lipinski definition) is 8. The standard InChI is InChI=1S/C22H24N4O5/c1-25-8-10-26(11-9-25)12-14-30-22-23-17(19-7-4-13-29-19)15-20(24-22)31-18-6-3-2-5-16(18)21(27)28/h2-7,13,15H,8-12,14H2,1H3,(H,27,28). The molecule has 4 rings (SSSR count). The van der Waals surface area contributed by atoms with E-state index in [1.54, 1.807) is 42.7 Å². The van der Waals surface area contributed by atoms with Gasteiger partial charge in [0.25, 0.3) is 0 Å². The van der Waals surface area contributed by atoms with Gasteiger partial charge in [-0.15, -0.1) is 0 Å². The number of furan rings is 1. The fourth-order valence-corrected chi connectivity index (χ4v) is 3.25. The Hall–Kier alpha value is -3.43. The molecule has 1 N–H and O–H groups in total. The zero-order valence-electron chi connectivity index (χ0n) is 17.2. The average molecular weight is 424 g/mol. The van der Waals surface area contributed by atoms with Crippen LogP contribution in [0.1, 0.15) is 10.4 Å². The fourth-order valence-electron chi connectivity index (χ4n) is 3.25. The second-order valence-corrected chi connectivity index (χ2v) is 7.25. The molecule has 162 valence electrons. The van der Waals surface area contributed by atoms with Crippen LogP contribution in [-0.2, 0) is 0 Å². The van der Waals surface area contributed by atoms with Crippen molar-refractivity contribution in [2.75, 3.05) is 46.4 Å². The number of rotatable bonds is 8. The predicted octanol–water partition coefficient (Wildman–Crippen LogP) is 2.85. The first-order valence-corrected chi connectivity index (χ1v) is 10.1. The van der Waals surface area contributed by atoms with Gasteiger partial charge in [0, 0.05) is 38.8 Å². The van der Waals surface area contributed by atoms with Crippen LogP contribution < -0.4 is 9.47 Å². The van der Waals surface area contributed by atoms with Crippen molar-refractivity contribution in [3.63, 3.8) is 0 Å². The van der Waals surface area contributed by atoms with Crippen LogP contribution in [0.4, 0.5) is 0 Å². The van der Waals surface area contributed by atoms with Crippen LogP contribution in [0.25, 0.3) is 11.5 Å². The summed E-state index contributed by atoms with van der Waals surface area (Å²) < 4.78 is 17.0. The topological polar surface area (TPSA) is 101 Å². The quantitative estimate of drug-likeness (QED) is 0.585. The minimum atomic E-state index is -1.08. The van der Waals surface area contributed by atoms with Gasteiger partial charge in [0.2, 0.25) is 5.88 Å². The predicted molar refractivity (Wildman–Crippen MR) is 113 cm³/mol. The summed E-state index contributed by atoms with van der Waals surface area (Å²) in [6.45, 7) is 5.24. The van der Waals surface area contributed by atoms with Gasteiger partial charge in [0.1, 0.15) is 23.6 Å². The van der Waals surface area contributed by atoms with Gasteiger partial charge < -0.3 is 23.9 Å². The van der Waals surface area contributed by atoms with Crippen LogP contribution in [0.2, 0.25) is 0 Å². The zero-order valence-corrected chi connectivity index (χ0v) is 17.2. The third kappa shape index (κ3) is 5.39. The van der Waals surface area contributed by atoms with Crippen LogP contribution in [0.15, 0.2) is 53.1 Å². The zero-order chi connectivity index (χ0) is 21.6. The summed E-state index contributed by atoms with van der Waals surface area (Å²) in [7, 11) is 2.12. The van der Waals surface area contributed by atoms with Gasteiger partial charge in [0.15, 0.2) is 5.76 Å². The third-order valence-corrected chi connectivity index (χ3v) is 5.02. The van der Waals surface area contributed by atoms with Crippen molar-refractivity contribution in [1.82, 2.24) is 19.8 Å². The maximum atomic E-state index is 11.5. The molecule has 2 aromatic heterocycles. The van der Waals surface area contributed by atoms with E-state index < -0.39 is 5.97 Å². The molecule has 1 aliphatic heterocycles. The first-order chi connectivity index (χ1) is 15.1. The largest absolute Gasteiger partial charge is 0.478 e. The third-order valence-electron chi connectivity index (χ3n) is 5.02. The molecule has 0 spiro atoms. The maximum Gasteiger partial charge on any atom is 0.339 e. The summed E-state index contributed by atoms with van der Waals surface area (Å²) in [6.07, 6.45) is 1.55. The summed E-state index contributed by atoms with van der Waals surface area (Å²) in [4.78, 5) is 24.8. The number of carboxylic acids is 1. The van der Waals surface area contributed by atoms with Gasteiger partial charge in [-0.1, -0.05) is 12.1 Å². The first-order valence-electron chi connectivity index (χ1n) is 10.1. The lowest BCUT2D eigenvalue weighted by Crippen LogP contribution is -2.45. The minimum Gasteiger partial charge on any atom is -0.478 e. The second kappa shape index (κ2) is 9.59. The highest BCUT2D eigenvalue weighted by Gasteiger charge is 2.17. The number of likely N-dealkylation sites (N-methyl/N-ethyl adjacent to an activating group) is 1. The van der Waals surface area contributed by atoms with Crippen molar-refractivity contribution in [1.29, 1.82) is 0 Å². The molecular weight excluding hydrogens is 400 g/mol. The molecule has 0 aliphatic carbocycles. The minimum absolute atomic E-state index is 0.0400. The molecule has 9 heteroatoms. The Kier molecular flexibility index (Phi) is 6.44. The molecule has 1 saturated heterocycles. The molecule has 0 amide bonds. The highest BCUT2D eigenvalue weighted by Crippen LogP contribution is 2.29. The molecule has 0 unspecified atom stereocenters. The molecule has 0 radical (unpaired) electrons. The maximum absolute atomic E-state index is 11.5.